The molecule has 0 N–H and O–H groups in total. The molecule has 0 aliphatic carbocycles. The summed E-state index contributed by atoms with van der Waals surface area (Å²) in [5, 5.41) is 0. The van der Waals surface area contributed by atoms with Crippen molar-refractivity contribution in [1.29, 1.82) is 0 Å². The van der Waals surface area contributed by atoms with Gasteiger partial charge in [-0.2, -0.15) is 0 Å². The van der Waals surface area contributed by atoms with Gasteiger partial charge in [0.2, 0.25) is 6.79 Å². The van der Waals surface area contributed by atoms with Gasteiger partial charge >= 0.3 is 0 Å². The maximum absolute atomic E-state index is 5.80. The van der Waals surface area contributed by atoms with Crippen LogP contribution < -0.4 is 9.47 Å². The molecule has 96 valence electrons. The van der Waals surface area contributed by atoms with Crippen molar-refractivity contribution in [3.8, 4) is 11.5 Å². The van der Waals surface area contributed by atoms with E-state index in [1.807, 2.05) is 30.3 Å². The number of hydrogen-bond acceptors (Lipinski definition) is 3. The highest BCUT2D eigenvalue weighted by Gasteiger charge is 2.43. The fraction of sp³-hybridized carbons (Fsp3) is 0.200. The molecule has 0 unspecified atom stereocenters. The molecule has 0 aromatic heterocycles. The molecule has 2 atom stereocenters. The van der Waals surface area contributed by atoms with Crippen LogP contribution in [0.25, 0.3) is 0 Å². The molecule has 2 heterocycles. The Labute approximate surface area is 119 Å². The van der Waals surface area contributed by atoms with Crippen LogP contribution in [0.5, 0.6) is 11.5 Å². The first kappa shape index (κ1) is 11.3. The molecule has 0 bridgehead atoms. The minimum atomic E-state index is 0.0891. The monoisotopic (exact) mass is 318 g/mol. The van der Waals surface area contributed by atoms with Gasteiger partial charge in [0.05, 0.1) is 0 Å². The molecule has 2 aliphatic heterocycles. The standard InChI is InChI=1S/C15H11BrO3/c16-11-7-13-12(17-8-18-13)6-10(11)15-14(19-15)9-4-2-1-3-5-9/h1-7,14-15H,8H2/t14-,15+/m1/s1. The molecular formula is C15H11BrO3. The van der Waals surface area contributed by atoms with Gasteiger partial charge in [-0.05, 0) is 17.7 Å². The van der Waals surface area contributed by atoms with Crippen molar-refractivity contribution in [2.75, 3.05) is 6.79 Å². The molecule has 3 nitrogen and oxygen atoms in total. The topological polar surface area (TPSA) is 31.0 Å². The largest absolute Gasteiger partial charge is 0.454 e. The third kappa shape index (κ3) is 1.91. The fourth-order valence-electron chi connectivity index (χ4n) is 2.40. The van der Waals surface area contributed by atoms with Crippen LogP contribution in [0.3, 0.4) is 0 Å². The number of halogens is 1. The summed E-state index contributed by atoms with van der Waals surface area (Å²) in [5.74, 6) is 1.58. The first-order chi connectivity index (χ1) is 9.33. The Balaban J connectivity index is 1.65. The van der Waals surface area contributed by atoms with Crippen LogP contribution in [0.4, 0.5) is 0 Å². The molecule has 2 aromatic rings. The van der Waals surface area contributed by atoms with E-state index < -0.39 is 0 Å². The predicted molar refractivity (Wildman–Crippen MR) is 73.3 cm³/mol. The Hall–Kier alpha value is -1.52. The van der Waals surface area contributed by atoms with Gasteiger partial charge in [-0.15, -0.1) is 0 Å². The number of hydrogen-bond donors (Lipinski definition) is 0. The number of benzene rings is 2. The van der Waals surface area contributed by atoms with Gasteiger partial charge in [0.1, 0.15) is 12.2 Å². The van der Waals surface area contributed by atoms with E-state index in [9.17, 15) is 0 Å². The number of epoxide rings is 1. The fourth-order valence-corrected chi connectivity index (χ4v) is 2.94. The summed E-state index contributed by atoms with van der Waals surface area (Å²) in [6.07, 6.45) is 0.226. The predicted octanol–water partition coefficient (Wildman–Crippen LogP) is 3.99. The summed E-state index contributed by atoms with van der Waals surface area (Å²) in [5.41, 5.74) is 2.31. The summed E-state index contributed by atoms with van der Waals surface area (Å²) in [6, 6.07) is 14.2. The van der Waals surface area contributed by atoms with Crippen molar-refractivity contribution < 1.29 is 14.2 Å². The molecule has 4 heteroatoms. The van der Waals surface area contributed by atoms with Crippen LogP contribution in [0.1, 0.15) is 23.3 Å². The van der Waals surface area contributed by atoms with Gasteiger partial charge in [0, 0.05) is 10.0 Å². The maximum atomic E-state index is 5.80. The van der Waals surface area contributed by atoms with E-state index in [0.717, 1.165) is 21.5 Å². The Morgan fingerprint density at radius 1 is 0.947 bits per heavy atom. The molecule has 19 heavy (non-hydrogen) atoms. The van der Waals surface area contributed by atoms with Crippen LogP contribution >= 0.6 is 15.9 Å². The van der Waals surface area contributed by atoms with Crippen LogP contribution in [-0.2, 0) is 4.74 Å². The van der Waals surface area contributed by atoms with Crippen molar-refractivity contribution >= 4 is 15.9 Å². The highest BCUT2D eigenvalue weighted by Crippen LogP contribution is 2.54. The Morgan fingerprint density at radius 3 is 2.47 bits per heavy atom. The smallest absolute Gasteiger partial charge is 0.231 e. The lowest BCUT2D eigenvalue weighted by Crippen LogP contribution is -1.92. The molecular weight excluding hydrogens is 308 g/mol. The highest BCUT2D eigenvalue weighted by atomic mass is 79.9. The molecule has 2 aromatic carbocycles. The average molecular weight is 319 g/mol. The third-order valence-corrected chi connectivity index (χ3v) is 4.10. The molecule has 0 radical (unpaired) electrons. The minimum absolute atomic E-state index is 0.0891. The Morgan fingerprint density at radius 2 is 1.68 bits per heavy atom. The first-order valence-electron chi connectivity index (χ1n) is 6.12. The average Bonchev–Trinajstić information content (AvgIpc) is 3.11. The molecule has 0 amide bonds. The van der Waals surface area contributed by atoms with E-state index in [4.69, 9.17) is 14.2 Å². The zero-order valence-electron chi connectivity index (χ0n) is 10.0. The SMILES string of the molecule is Brc1cc2c(cc1[C@@H]1O[C@@H]1c1ccccc1)OCO2. The Kier molecular flexibility index (Phi) is 2.53. The van der Waals surface area contributed by atoms with E-state index in [-0.39, 0.29) is 12.2 Å². The maximum Gasteiger partial charge on any atom is 0.231 e. The normalized spacial score (nSPS) is 23.4. The van der Waals surface area contributed by atoms with E-state index >= 15 is 0 Å². The van der Waals surface area contributed by atoms with E-state index in [0.29, 0.717) is 6.79 Å². The van der Waals surface area contributed by atoms with E-state index in [1.54, 1.807) is 0 Å². The first-order valence-corrected chi connectivity index (χ1v) is 6.92. The van der Waals surface area contributed by atoms with E-state index in [1.165, 1.54) is 5.56 Å². The molecule has 2 aliphatic rings. The van der Waals surface area contributed by atoms with Crippen molar-refractivity contribution in [1.82, 2.24) is 0 Å². The second-order valence-corrected chi connectivity index (χ2v) is 5.47. The number of ether oxygens (including phenoxy) is 3. The molecule has 1 fully saturated rings. The molecule has 4 rings (SSSR count). The lowest BCUT2D eigenvalue weighted by molar-refractivity contribution is 0.174. The van der Waals surface area contributed by atoms with Crippen LogP contribution in [0.15, 0.2) is 46.9 Å². The van der Waals surface area contributed by atoms with Crippen molar-refractivity contribution in [2.24, 2.45) is 0 Å². The minimum Gasteiger partial charge on any atom is -0.454 e. The van der Waals surface area contributed by atoms with Gasteiger partial charge in [-0.3, -0.25) is 0 Å². The summed E-state index contributed by atoms with van der Waals surface area (Å²) >= 11 is 3.57. The number of rotatable bonds is 2. The lowest BCUT2D eigenvalue weighted by Gasteiger charge is -2.03. The molecule has 1 saturated heterocycles. The summed E-state index contributed by atoms with van der Waals surface area (Å²) in [6.45, 7) is 0.291. The zero-order valence-corrected chi connectivity index (χ0v) is 11.6. The van der Waals surface area contributed by atoms with Gasteiger partial charge in [-0.25, -0.2) is 0 Å². The van der Waals surface area contributed by atoms with Crippen LogP contribution in [-0.4, -0.2) is 6.79 Å². The summed E-state index contributed by atoms with van der Waals surface area (Å²) in [4.78, 5) is 0. The van der Waals surface area contributed by atoms with Crippen molar-refractivity contribution in [3.05, 3.63) is 58.1 Å². The van der Waals surface area contributed by atoms with Gasteiger partial charge in [-0.1, -0.05) is 46.3 Å². The summed E-state index contributed by atoms with van der Waals surface area (Å²) < 4.78 is 17.6. The van der Waals surface area contributed by atoms with Gasteiger partial charge in [0.25, 0.3) is 0 Å². The summed E-state index contributed by atoms with van der Waals surface area (Å²) in [7, 11) is 0. The third-order valence-electron chi connectivity index (χ3n) is 3.42. The second kappa shape index (κ2) is 4.25. The van der Waals surface area contributed by atoms with Crippen molar-refractivity contribution in [2.45, 2.75) is 12.2 Å². The lowest BCUT2D eigenvalue weighted by atomic mass is 10.0. The molecule has 0 saturated carbocycles. The van der Waals surface area contributed by atoms with Crippen LogP contribution in [0, 0.1) is 0 Å². The Bertz CT molecular complexity index is 627. The number of fused-ring (bicyclic) bond motifs is 1. The second-order valence-electron chi connectivity index (χ2n) is 4.61. The van der Waals surface area contributed by atoms with Gasteiger partial charge in [0.15, 0.2) is 11.5 Å². The van der Waals surface area contributed by atoms with Crippen molar-refractivity contribution in [3.63, 3.8) is 0 Å². The zero-order chi connectivity index (χ0) is 12.8. The van der Waals surface area contributed by atoms with Crippen LogP contribution in [0.2, 0.25) is 0 Å². The quantitative estimate of drug-likeness (QED) is 0.784. The van der Waals surface area contributed by atoms with Gasteiger partial charge < -0.3 is 14.2 Å². The molecule has 0 spiro atoms. The highest BCUT2D eigenvalue weighted by molar-refractivity contribution is 9.10. The van der Waals surface area contributed by atoms with E-state index in [2.05, 4.69) is 28.1 Å².